The van der Waals surface area contributed by atoms with Crippen LogP contribution in [0.5, 0.6) is 0 Å². The lowest BCUT2D eigenvalue weighted by molar-refractivity contribution is 0.0903. The zero-order chi connectivity index (χ0) is 13.5. The number of amides is 1. The zero-order valence-corrected chi connectivity index (χ0v) is 11.0. The van der Waals surface area contributed by atoms with Gasteiger partial charge in [-0.3, -0.25) is 0 Å². The Hall–Kier alpha value is -2.07. The van der Waals surface area contributed by atoms with Crippen molar-refractivity contribution in [1.29, 1.82) is 0 Å². The van der Waals surface area contributed by atoms with Gasteiger partial charge in [-0.25, -0.2) is 4.79 Å². The van der Waals surface area contributed by atoms with E-state index in [-0.39, 0.29) is 18.3 Å². The third-order valence-corrected chi connectivity index (χ3v) is 3.92. The van der Waals surface area contributed by atoms with Crippen molar-refractivity contribution in [3.05, 3.63) is 48.0 Å². The van der Waals surface area contributed by atoms with Gasteiger partial charge in [0, 0.05) is 0 Å². The van der Waals surface area contributed by atoms with Crippen LogP contribution in [0.3, 0.4) is 0 Å². The minimum absolute atomic E-state index is 0.242. The number of benzene rings is 2. The molecule has 0 unspecified atom stereocenters. The highest BCUT2D eigenvalue weighted by Gasteiger charge is 2.49. The largest absolute Gasteiger partial charge is 0.445 e. The summed E-state index contributed by atoms with van der Waals surface area (Å²) in [4.78, 5) is 13.6. The third kappa shape index (κ3) is 2.12. The Balaban J connectivity index is 1.41. The molecule has 20 heavy (non-hydrogen) atoms. The van der Waals surface area contributed by atoms with E-state index in [9.17, 15) is 4.79 Å². The van der Waals surface area contributed by atoms with Crippen LogP contribution in [0, 0.1) is 0 Å². The molecule has 2 aromatic rings. The van der Waals surface area contributed by atoms with Gasteiger partial charge in [0.1, 0.15) is 18.8 Å². The number of morpholine rings is 1. The number of carbonyl (C=O) groups excluding carboxylic acids is 1. The van der Waals surface area contributed by atoms with Gasteiger partial charge in [-0.05, 0) is 22.4 Å². The van der Waals surface area contributed by atoms with Gasteiger partial charge in [0.2, 0.25) is 0 Å². The quantitative estimate of drug-likeness (QED) is 0.787. The standard InChI is InChI=1S/C16H15NO3/c18-16(17-8-14-15(9-17)20-14)19-10-11-5-6-12-3-1-2-4-13(12)7-11/h1-7,14-15H,8-10H2/t14-,15+. The molecule has 0 spiro atoms. The average molecular weight is 269 g/mol. The number of fused-ring (bicyclic) bond motifs is 2. The third-order valence-electron chi connectivity index (χ3n) is 3.92. The first-order chi connectivity index (χ1) is 9.79. The van der Waals surface area contributed by atoms with E-state index >= 15 is 0 Å². The predicted molar refractivity (Wildman–Crippen MR) is 74.4 cm³/mol. The second-order valence-corrected chi connectivity index (χ2v) is 5.35. The molecule has 0 bridgehead atoms. The first-order valence-corrected chi connectivity index (χ1v) is 6.84. The number of epoxide rings is 1. The van der Waals surface area contributed by atoms with Crippen molar-refractivity contribution in [2.45, 2.75) is 18.8 Å². The molecular formula is C16H15NO3. The number of likely N-dealkylation sites (tertiary alicyclic amines) is 1. The summed E-state index contributed by atoms with van der Waals surface area (Å²) in [7, 11) is 0. The van der Waals surface area contributed by atoms with E-state index in [0.717, 1.165) is 10.9 Å². The molecule has 0 radical (unpaired) electrons. The number of rotatable bonds is 2. The summed E-state index contributed by atoms with van der Waals surface area (Å²) in [5, 5.41) is 2.36. The van der Waals surface area contributed by atoms with Gasteiger partial charge in [0.25, 0.3) is 0 Å². The van der Waals surface area contributed by atoms with E-state index in [1.165, 1.54) is 5.39 Å². The molecule has 4 nitrogen and oxygen atoms in total. The Morgan fingerprint density at radius 3 is 2.70 bits per heavy atom. The summed E-state index contributed by atoms with van der Waals surface area (Å²) in [6.45, 7) is 1.65. The van der Waals surface area contributed by atoms with E-state index < -0.39 is 0 Å². The van der Waals surface area contributed by atoms with Gasteiger partial charge >= 0.3 is 6.09 Å². The van der Waals surface area contributed by atoms with Gasteiger partial charge in [-0.15, -0.1) is 0 Å². The van der Waals surface area contributed by atoms with E-state index in [2.05, 4.69) is 24.3 Å². The zero-order valence-electron chi connectivity index (χ0n) is 11.0. The summed E-state index contributed by atoms with van der Waals surface area (Å²) in [6.07, 6.45) is 0.264. The van der Waals surface area contributed by atoms with Gasteiger partial charge in [-0.2, -0.15) is 0 Å². The maximum atomic E-state index is 11.9. The van der Waals surface area contributed by atoms with Gasteiger partial charge in [0.15, 0.2) is 0 Å². The van der Waals surface area contributed by atoms with Crippen LogP contribution in [0.15, 0.2) is 42.5 Å². The minimum atomic E-state index is -0.242. The van der Waals surface area contributed by atoms with Crippen LogP contribution >= 0.6 is 0 Å². The van der Waals surface area contributed by atoms with Gasteiger partial charge in [-0.1, -0.05) is 36.4 Å². The molecule has 4 rings (SSSR count). The number of nitrogens with zero attached hydrogens (tertiary/aromatic N) is 1. The SMILES string of the molecule is O=C(OCc1ccc2ccccc2c1)N1C[C@@H]2O[C@@H]2C1. The van der Waals surface area contributed by atoms with Crippen molar-refractivity contribution in [2.75, 3.05) is 13.1 Å². The summed E-state index contributed by atoms with van der Waals surface area (Å²) in [6, 6.07) is 14.3. The van der Waals surface area contributed by atoms with E-state index in [0.29, 0.717) is 19.7 Å². The second-order valence-electron chi connectivity index (χ2n) is 5.35. The summed E-state index contributed by atoms with van der Waals surface area (Å²) in [5.41, 5.74) is 1.01. The fourth-order valence-corrected chi connectivity index (χ4v) is 2.72. The molecule has 102 valence electrons. The first-order valence-electron chi connectivity index (χ1n) is 6.84. The summed E-state index contributed by atoms with van der Waals surface area (Å²) >= 11 is 0. The van der Waals surface area contributed by atoms with Crippen molar-refractivity contribution in [3.8, 4) is 0 Å². The molecular weight excluding hydrogens is 254 g/mol. The number of ether oxygens (including phenoxy) is 2. The molecule has 2 aliphatic rings. The lowest BCUT2D eigenvalue weighted by atomic mass is 10.1. The normalized spacial score (nSPS) is 23.7. The molecule has 0 aliphatic carbocycles. The monoisotopic (exact) mass is 269 g/mol. The lowest BCUT2D eigenvalue weighted by Gasteiger charge is -2.17. The Bertz CT molecular complexity index is 660. The van der Waals surface area contributed by atoms with Gasteiger partial charge in [0.05, 0.1) is 13.1 Å². The van der Waals surface area contributed by atoms with Crippen LogP contribution < -0.4 is 0 Å². The molecule has 2 aliphatic heterocycles. The Morgan fingerprint density at radius 2 is 1.90 bits per heavy atom. The molecule has 0 aromatic heterocycles. The summed E-state index contributed by atoms with van der Waals surface area (Å²) in [5.74, 6) is 0. The molecule has 2 heterocycles. The Labute approximate surface area is 116 Å². The van der Waals surface area contributed by atoms with Crippen LogP contribution in [-0.2, 0) is 16.1 Å². The number of hydrogen-bond acceptors (Lipinski definition) is 3. The van der Waals surface area contributed by atoms with Crippen molar-refractivity contribution in [3.63, 3.8) is 0 Å². The minimum Gasteiger partial charge on any atom is -0.445 e. The van der Waals surface area contributed by atoms with Crippen LogP contribution in [-0.4, -0.2) is 36.3 Å². The fourth-order valence-electron chi connectivity index (χ4n) is 2.72. The van der Waals surface area contributed by atoms with Gasteiger partial charge < -0.3 is 14.4 Å². The molecule has 0 saturated carbocycles. The highest BCUT2D eigenvalue weighted by atomic mass is 16.6. The first kappa shape index (κ1) is 11.7. The molecule has 2 saturated heterocycles. The van der Waals surface area contributed by atoms with E-state index in [1.807, 2.05) is 18.2 Å². The molecule has 0 N–H and O–H groups in total. The second kappa shape index (κ2) is 4.49. The highest BCUT2D eigenvalue weighted by Crippen LogP contribution is 2.30. The van der Waals surface area contributed by atoms with E-state index in [4.69, 9.17) is 9.47 Å². The summed E-state index contributed by atoms with van der Waals surface area (Å²) < 4.78 is 10.7. The fraction of sp³-hybridized carbons (Fsp3) is 0.312. The van der Waals surface area contributed by atoms with Crippen molar-refractivity contribution in [1.82, 2.24) is 4.90 Å². The lowest BCUT2D eigenvalue weighted by Crippen LogP contribution is -2.32. The van der Waals surface area contributed by atoms with Crippen LogP contribution in [0.4, 0.5) is 4.79 Å². The van der Waals surface area contributed by atoms with Crippen LogP contribution in [0.25, 0.3) is 10.8 Å². The smallest absolute Gasteiger partial charge is 0.410 e. The number of hydrogen-bond donors (Lipinski definition) is 0. The van der Waals surface area contributed by atoms with E-state index in [1.54, 1.807) is 4.90 Å². The maximum absolute atomic E-state index is 11.9. The van der Waals surface area contributed by atoms with Crippen molar-refractivity contribution < 1.29 is 14.3 Å². The molecule has 2 fully saturated rings. The number of carbonyl (C=O) groups is 1. The van der Waals surface area contributed by atoms with Crippen molar-refractivity contribution in [2.24, 2.45) is 0 Å². The molecule has 2 aromatic carbocycles. The maximum Gasteiger partial charge on any atom is 0.410 e. The van der Waals surface area contributed by atoms with Crippen LogP contribution in [0.1, 0.15) is 5.56 Å². The molecule has 4 heteroatoms. The Kier molecular flexibility index (Phi) is 2.63. The van der Waals surface area contributed by atoms with Crippen molar-refractivity contribution >= 4 is 16.9 Å². The highest BCUT2D eigenvalue weighted by molar-refractivity contribution is 5.83. The van der Waals surface area contributed by atoms with Crippen LogP contribution in [0.2, 0.25) is 0 Å². The topological polar surface area (TPSA) is 42.1 Å². The molecule has 1 amide bonds. The average Bonchev–Trinajstić information content (AvgIpc) is 3.10. The Morgan fingerprint density at radius 1 is 1.15 bits per heavy atom. The predicted octanol–water partition coefficient (Wildman–Crippen LogP) is 2.56. The molecule has 2 atom stereocenters.